The molecular weight excluding hydrogens is 428 g/mol. The molecule has 0 radical (unpaired) electrons. The summed E-state index contributed by atoms with van der Waals surface area (Å²) in [6.07, 6.45) is 1.61. The molecule has 2 heterocycles. The molecule has 0 spiro atoms. The van der Waals surface area contributed by atoms with E-state index in [2.05, 4.69) is 44.1 Å². The van der Waals surface area contributed by atoms with Gasteiger partial charge in [-0.1, -0.05) is 24.3 Å². The maximum atomic E-state index is 11.6. The van der Waals surface area contributed by atoms with Crippen LogP contribution in [-0.2, 0) is 10.0 Å². The van der Waals surface area contributed by atoms with Gasteiger partial charge in [-0.15, -0.1) is 0 Å². The molecular formula is C22H26N6O3S. The van der Waals surface area contributed by atoms with Crippen LogP contribution in [0.4, 0.5) is 23.1 Å². The Morgan fingerprint density at radius 3 is 2.59 bits per heavy atom. The Labute approximate surface area is 187 Å². The Hall–Kier alpha value is -3.37. The molecule has 0 unspecified atom stereocenters. The quantitative estimate of drug-likeness (QED) is 0.584. The molecule has 0 bridgehead atoms. The van der Waals surface area contributed by atoms with Gasteiger partial charge in [0.25, 0.3) is 0 Å². The molecule has 0 saturated carbocycles. The molecule has 1 saturated heterocycles. The number of rotatable bonds is 6. The van der Waals surface area contributed by atoms with Crippen molar-refractivity contribution in [2.45, 2.75) is 17.9 Å². The summed E-state index contributed by atoms with van der Waals surface area (Å²) >= 11 is 0. The number of benzene rings is 2. The number of ether oxygens (including phenoxy) is 1. The Kier molecular flexibility index (Phi) is 6.15. The van der Waals surface area contributed by atoms with Gasteiger partial charge in [0.05, 0.1) is 18.2 Å². The van der Waals surface area contributed by atoms with Gasteiger partial charge in [-0.3, -0.25) is 0 Å². The number of methoxy groups -OCH3 is 1. The highest BCUT2D eigenvalue weighted by molar-refractivity contribution is 7.89. The number of nitrogens with zero attached hydrogens (tertiary/aromatic N) is 4. The van der Waals surface area contributed by atoms with Crippen LogP contribution in [0.1, 0.15) is 6.92 Å². The molecule has 0 aliphatic carbocycles. The van der Waals surface area contributed by atoms with E-state index in [-0.39, 0.29) is 10.9 Å². The minimum absolute atomic E-state index is 0.0158. The second kappa shape index (κ2) is 9.01. The Balaban J connectivity index is 1.56. The molecule has 1 aromatic heterocycles. The number of nitrogens with one attached hydrogen (secondary N) is 1. The van der Waals surface area contributed by atoms with Crippen LogP contribution in [0.15, 0.2) is 65.7 Å². The van der Waals surface area contributed by atoms with Gasteiger partial charge in [-0.05, 0) is 37.3 Å². The van der Waals surface area contributed by atoms with Crippen molar-refractivity contribution in [2.24, 2.45) is 5.14 Å². The highest BCUT2D eigenvalue weighted by Crippen LogP contribution is 2.30. The number of anilines is 4. The third-order valence-electron chi connectivity index (χ3n) is 5.39. The van der Waals surface area contributed by atoms with Gasteiger partial charge in [-0.25, -0.2) is 18.5 Å². The normalized spacial score (nSPS) is 16.7. The first-order chi connectivity index (χ1) is 15.3. The highest BCUT2D eigenvalue weighted by atomic mass is 32.2. The molecule has 4 rings (SSSR count). The molecule has 0 amide bonds. The summed E-state index contributed by atoms with van der Waals surface area (Å²) < 4.78 is 28.8. The molecule has 1 fully saturated rings. The summed E-state index contributed by atoms with van der Waals surface area (Å²) in [4.78, 5) is 13.5. The van der Waals surface area contributed by atoms with Gasteiger partial charge >= 0.3 is 0 Å². The van der Waals surface area contributed by atoms with Gasteiger partial charge in [0.15, 0.2) is 11.6 Å². The number of sulfonamides is 1. The summed E-state index contributed by atoms with van der Waals surface area (Å²) in [6, 6.07) is 16.8. The van der Waals surface area contributed by atoms with Crippen LogP contribution >= 0.6 is 0 Å². The van der Waals surface area contributed by atoms with Crippen LogP contribution in [0.3, 0.4) is 0 Å². The summed E-state index contributed by atoms with van der Waals surface area (Å²) in [5.41, 5.74) is 1.72. The number of hydrogen-bond acceptors (Lipinski definition) is 8. The maximum Gasteiger partial charge on any atom is 0.238 e. The summed E-state index contributed by atoms with van der Waals surface area (Å²) in [5, 5.41) is 8.29. The van der Waals surface area contributed by atoms with E-state index in [1.54, 1.807) is 25.4 Å². The van der Waals surface area contributed by atoms with Crippen molar-refractivity contribution in [1.82, 2.24) is 9.97 Å². The molecule has 9 nitrogen and oxygen atoms in total. The van der Waals surface area contributed by atoms with Crippen molar-refractivity contribution < 1.29 is 13.2 Å². The van der Waals surface area contributed by atoms with E-state index in [4.69, 9.17) is 9.88 Å². The Morgan fingerprint density at radius 2 is 1.91 bits per heavy atom. The van der Waals surface area contributed by atoms with Crippen LogP contribution < -0.4 is 25.0 Å². The van der Waals surface area contributed by atoms with E-state index in [1.807, 2.05) is 18.2 Å². The predicted octanol–water partition coefficient (Wildman–Crippen LogP) is 2.59. The lowest BCUT2D eigenvalue weighted by atomic mass is 10.1. The smallest absolute Gasteiger partial charge is 0.238 e. The zero-order valence-electron chi connectivity index (χ0n) is 18.0. The Morgan fingerprint density at radius 1 is 1.12 bits per heavy atom. The number of aromatic nitrogens is 2. The molecule has 3 aromatic rings. The summed E-state index contributed by atoms with van der Waals surface area (Å²) in [5.74, 6) is 1.60. The maximum absolute atomic E-state index is 11.6. The van der Waals surface area contributed by atoms with E-state index in [0.29, 0.717) is 23.2 Å². The molecule has 1 aliphatic rings. The minimum atomic E-state index is -3.80. The zero-order chi connectivity index (χ0) is 22.7. The van der Waals surface area contributed by atoms with E-state index >= 15 is 0 Å². The largest absolute Gasteiger partial charge is 0.491 e. The monoisotopic (exact) mass is 454 g/mol. The molecule has 168 valence electrons. The van der Waals surface area contributed by atoms with Crippen LogP contribution in [0.25, 0.3) is 0 Å². The average molecular weight is 455 g/mol. The van der Waals surface area contributed by atoms with Crippen LogP contribution in [0, 0.1) is 0 Å². The van der Waals surface area contributed by atoms with Gasteiger partial charge < -0.3 is 19.9 Å². The van der Waals surface area contributed by atoms with Gasteiger partial charge in [0, 0.05) is 37.1 Å². The van der Waals surface area contributed by atoms with Crippen molar-refractivity contribution in [2.75, 3.05) is 41.9 Å². The molecule has 1 aliphatic heterocycles. The fourth-order valence-electron chi connectivity index (χ4n) is 3.83. The number of nitrogens with two attached hydrogens (primary N) is 1. The fourth-order valence-corrected chi connectivity index (χ4v) is 4.39. The number of para-hydroxylation sites is 1. The third kappa shape index (κ3) is 4.76. The van der Waals surface area contributed by atoms with Crippen LogP contribution in [-0.4, -0.2) is 51.2 Å². The predicted molar refractivity (Wildman–Crippen MR) is 125 cm³/mol. The molecule has 3 N–H and O–H groups in total. The first-order valence-electron chi connectivity index (χ1n) is 10.2. The first-order valence-corrected chi connectivity index (χ1v) is 11.8. The molecule has 2 aromatic carbocycles. The molecule has 32 heavy (non-hydrogen) atoms. The lowest BCUT2D eigenvalue weighted by Gasteiger charge is -2.42. The topological polar surface area (TPSA) is 114 Å². The van der Waals surface area contributed by atoms with Crippen molar-refractivity contribution >= 4 is 33.2 Å². The summed E-state index contributed by atoms with van der Waals surface area (Å²) in [7, 11) is -2.21. The second-order valence-electron chi connectivity index (χ2n) is 7.61. The molecule has 1 atom stereocenters. The van der Waals surface area contributed by atoms with Gasteiger partial charge in [0.2, 0.25) is 16.0 Å². The van der Waals surface area contributed by atoms with Crippen LogP contribution in [0.5, 0.6) is 5.75 Å². The number of hydrogen-bond donors (Lipinski definition) is 2. The standard InChI is InChI=1S/C22H26N6O3S/c1-16-15-27(11-12-28(16)18-8-4-3-5-9-18)21-20(31-2)14-24-22(26-21)25-17-7-6-10-19(13-17)32(23,29)30/h3-10,13-14,16H,11-12,15H2,1-2H3,(H2,23,29,30)(H,24,25,26)/t16-/m1/s1. The van der Waals surface area contributed by atoms with E-state index in [9.17, 15) is 8.42 Å². The summed E-state index contributed by atoms with van der Waals surface area (Å²) in [6.45, 7) is 4.57. The SMILES string of the molecule is COc1cnc(Nc2cccc(S(N)(=O)=O)c2)nc1N1CCN(c2ccccc2)[C@H](C)C1. The Bertz CT molecular complexity index is 1190. The second-order valence-corrected chi connectivity index (χ2v) is 9.17. The van der Waals surface area contributed by atoms with Crippen molar-refractivity contribution in [3.63, 3.8) is 0 Å². The van der Waals surface area contributed by atoms with Gasteiger partial charge in [-0.2, -0.15) is 4.98 Å². The average Bonchev–Trinajstić information content (AvgIpc) is 2.79. The van der Waals surface area contributed by atoms with Crippen molar-refractivity contribution in [1.29, 1.82) is 0 Å². The van der Waals surface area contributed by atoms with E-state index < -0.39 is 10.0 Å². The van der Waals surface area contributed by atoms with Crippen LogP contribution in [0.2, 0.25) is 0 Å². The van der Waals surface area contributed by atoms with Crippen molar-refractivity contribution in [3.8, 4) is 5.75 Å². The highest BCUT2D eigenvalue weighted by Gasteiger charge is 2.27. The first kappa shape index (κ1) is 21.8. The van der Waals surface area contributed by atoms with Gasteiger partial charge in [0.1, 0.15) is 0 Å². The number of primary sulfonamides is 1. The van der Waals surface area contributed by atoms with E-state index in [1.165, 1.54) is 17.8 Å². The third-order valence-corrected chi connectivity index (χ3v) is 6.30. The van der Waals surface area contributed by atoms with Crippen molar-refractivity contribution in [3.05, 3.63) is 60.8 Å². The minimum Gasteiger partial charge on any atom is -0.491 e. The lowest BCUT2D eigenvalue weighted by Crippen LogP contribution is -2.52. The lowest BCUT2D eigenvalue weighted by molar-refractivity contribution is 0.408. The zero-order valence-corrected chi connectivity index (χ0v) is 18.8. The molecule has 10 heteroatoms. The van der Waals surface area contributed by atoms with E-state index in [0.717, 1.165) is 19.6 Å². The fraction of sp³-hybridized carbons (Fsp3) is 0.273. The number of piperazine rings is 1.